The molecular weight excluding hydrogens is 254 g/mol. The van der Waals surface area contributed by atoms with E-state index in [1.165, 1.54) is 27.8 Å². The van der Waals surface area contributed by atoms with Crippen molar-refractivity contribution in [1.82, 2.24) is 4.90 Å². The van der Waals surface area contributed by atoms with Crippen LogP contribution in [0.5, 0.6) is 0 Å². The fourth-order valence-corrected chi connectivity index (χ4v) is 2.91. The minimum Gasteiger partial charge on any atom is -0.383 e. The second-order valence-electron chi connectivity index (χ2n) is 5.70. The molecule has 0 N–H and O–H groups in total. The van der Waals surface area contributed by atoms with Crippen LogP contribution < -0.4 is 0 Å². The molecule has 1 nitrogen and oxygen atoms in total. The van der Waals surface area contributed by atoms with Crippen LogP contribution in [0, 0.1) is 0 Å². The maximum absolute atomic E-state index is 2.25. The Hall–Kier alpha value is -2.28. The van der Waals surface area contributed by atoms with Gasteiger partial charge >= 0.3 is 0 Å². The van der Waals surface area contributed by atoms with Crippen LogP contribution in [0.2, 0.25) is 0 Å². The Morgan fingerprint density at radius 3 is 1.86 bits per heavy atom. The molecule has 0 heterocycles. The van der Waals surface area contributed by atoms with E-state index in [9.17, 15) is 0 Å². The molecular formula is C20H21N. The van der Waals surface area contributed by atoms with E-state index in [-0.39, 0.29) is 0 Å². The Morgan fingerprint density at radius 2 is 1.33 bits per heavy atom. The highest BCUT2D eigenvalue weighted by Gasteiger charge is 2.16. The first-order chi connectivity index (χ1) is 10.3. The van der Waals surface area contributed by atoms with Gasteiger partial charge in [0.1, 0.15) is 0 Å². The lowest BCUT2D eigenvalue weighted by Gasteiger charge is -2.11. The molecule has 21 heavy (non-hydrogen) atoms. The van der Waals surface area contributed by atoms with E-state index in [0.29, 0.717) is 0 Å². The van der Waals surface area contributed by atoms with Gasteiger partial charge in [0, 0.05) is 14.1 Å². The van der Waals surface area contributed by atoms with E-state index in [1.807, 2.05) is 14.1 Å². The van der Waals surface area contributed by atoms with Gasteiger partial charge in [-0.05, 0) is 52.9 Å². The minimum absolute atomic E-state index is 1.11. The third kappa shape index (κ3) is 2.92. The highest BCUT2D eigenvalue weighted by Crippen LogP contribution is 2.33. The highest BCUT2D eigenvalue weighted by atomic mass is 15.0. The molecule has 0 bridgehead atoms. The van der Waals surface area contributed by atoms with Gasteiger partial charge in [0.2, 0.25) is 0 Å². The monoisotopic (exact) mass is 275 g/mol. The Labute approximate surface area is 127 Å². The Morgan fingerprint density at radius 1 is 0.810 bits per heavy atom. The molecule has 0 spiro atoms. The summed E-state index contributed by atoms with van der Waals surface area (Å²) in [4.78, 5) is 2.06. The van der Waals surface area contributed by atoms with Crippen LogP contribution >= 0.6 is 0 Å². The maximum atomic E-state index is 2.25. The first-order valence-electron chi connectivity index (χ1n) is 7.47. The third-order valence-corrected chi connectivity index (χ3v) is 3.93. The highest BCUT2D eigenvalue weighted by molar-refractivity contribution is 5.84. The number of allylic oxidation sites excluding steroid dienone is 2. The van der Waals surface area contributed by atoms with Crippen molar-refractivity contribution in [2.45, 2.75) is 12.8 Å². The standard InChI is InChI=1S/C20H21N/c1-21(2)15-7-12-20-18-10-5-3-8-16(18)13-14-17-9-4-6-11-19(17)20/h3-12,15H,13-14H2,1-2H3. The summed E-state index contributed by atoms with van der Waals surface area (Å²) in [7, 11) is 4.09. The molecule has 0 saturated heterocycles. The second-order valence-corrected chi connectivity index (χ2v) is 5.70. The first kappa shape index (κ1) is 13.7. The van der Waals surface area contributed by atoms with Crippen molar-refractivity contribution >= 4 is 5.57 Å². The predicted molar refractivity (Wildman–Crippen MR) is 90.2 cm³/mol. The second kappa shape index (κ2) is 6.01. The summed E-state index contributed by atoms with van der Waals surface area (Å²) in [5.74, 6) is 0. The Balaban J connectivity index is 2.15. The Kier molecular flexibility index (Phi) is 3.92. The van der Waals surface area contributed by atoms with Crippen LogP contribution in [0.3, 0.4) is 0 Å². The van der Waals surface area contributed by atoms with E-state index in [0.717, 1.165) is 12.8 Å². The van der Waals surface area contributed by atoms with E-state index < -0.39 is 0 Å². The van der Waals surface area contributed by atoms with Crippen LogP contribution in [0.25, 0.3) is 5.57 Å². The molecule has 0 unspecified atom stereocenters. The summed E-state index contributed by atoms with van der Waals surface area (Å²) < 4.78 is 0. The van der Waals surface area contributed by atoms with Crippen molar-refractivity contribution < 1.29 is 0 Å². The van der Waals surface area contributed by atoms with Crippen LogP contribution in [0.1, 0.15) is 22.3 Å². The molecule has 0 aliphatic heterocycles. The van der Waals surface area contributed by atoms with E-state index >= 15 is 0 Å². The van der Waals surface area contributed by atoms with E-state index in [1.54, 1.807) is 0 Å². The normalized spacial score (nSPS) is 13.5. The number of rotatable bonds is 2. The minimum atomic E-state index is 1.11. The first-order valence-corrected chi connectivity index (χ1v) is 7.47. The third-order valence-electron chi connectivity index (χ3n) is 3.93. The van der Waals surface area contributed by atoms with Crippen molar-refractivity contribution in [3.8, 4) is 0 Å². The molecule has 1 aliphatic rings. The number of fused-ring (bicyclic) bond motifs is 2. The Bertz CT molecular complexity index is 643. The molecule has 0 radical (unpaired) electrons. The lowest BCUT2D eigenvalue weighted by atomic mass is 9.94. The quantitative estimate of drug-likeness (QED) is 0.790. The zero-order valence-corrected chi connectivity index (χ0v) is 12.7. The number of benzene rings is 2. The number of nitrogens with zero attached hydrogens (tertiary/aromatic N) is 1. The summed E-state index contributed by atoms with van der Waals surface area (Å²) in [6.07, 6.45) is 8.68. The number of aryl methyl sites for hydroxylation is 2. The van der Waals surface area contributed by atoms with Gasteiger partial charge in [-0.1, -0.05) is 54.6 Å². The average molecular weight is 275 g/mol. The van der Waals surface area contributed by atoms with Crippen molar-refractivity contribution in [1.29, 1.82) is 0 Å². The van der Waals surface area contributed by atoms with E-state index in [4.69, 9.17) is 0 Å². The largest absolute Gasteiger partial charge is 0.383 e. The smallest absolute Gasteiger partial charge is 0.00556 e. The molecule has 0 amide bonds. The molecule has 0 aromatic heterocycles. The summed E-state index contributed by atoms with van der Waals surface area (Å²) in [6, 6.07) is 17.5. The van der Waals surface area contributed by atoms with Gasteiger partial charge < -0.3 is 4.90 Å². The van der Waals surface area contributed by atoms with Gasteiger partial charge in [-0.3, -0.25) is 0 Å². The topological polar surface area (TPSA) is 3.24 Å². The summed E-state index contributed by atoms with van der Waals surface area (Å²) in [6.45, 7) is 0. The van der Waals surface area contributed by atoms with Gasteiger partial charge in [-0.15, -0.1) is 0 Å². The van der Waals surface area contributed by atoms with E-state index in [2.05, 4.69) is 71.8 Å². The summed E-state index contributed by atoms with van der Waals surface area (Å²) in [5.41, 5.74) is 6.95. The molecule has 1 aliphatic carbocycles. The predicted octanol–water partition coefficient (Wildman–Crippen LogP) is 4.29. The fraction of sp³-hybridized carbons (Fsp3) is 0.200. The van der Waals surface area contributed by atoms with Crippen LogP contribution in [0.15, 0.2) is 66.9 Å². The fourth-order valence-electron chi connectivity index (χ4n) is 2.91. The SMILES string of the molecule is CN(C)C=CC=C1c2ccccc2CCc2ccccc21. The maximum Gasteiger partial charge on any atom is 0.00556 e. The van der Waals surface area contributed by atoms with Crippen molar-refractivity contribution in [3.05, 3.63) is 89.1 Å². The summed E-state index contributed by atoms with van der Waals surface area (Å²) >= 11 is 0. The van der Waals surface area contributed by atoms with Gasteiger partial charge in [-0.2, -0.15) is 0 Å². The van der Waals surface area contributed by atoms with Gasteiger partial charge in [0.15, 0.2) is 0 Å². The van der Waals surface area contributed by atoms with Crippen LogP contribution in [0.4, 0.5) is 0 Å². The average Bonchev–Trinajstić information content (AvgIpc) is 2.65. The molecule has 0 fully saturated rings. The lowest BCUT2D eigenvalue weighted by Crippen LogP contribution is -1.99. The van der Waals surface area contributed by atoms with Crippen LogP contribution in [-0.4, -0.2) is 19.0 Å². The zero-order chi connectivity index (χ0) is 14.7. The number of hydrogen-bond acceptors (Lipinski definition) is 1. The molecule has 0 saturated carbocycles. The van der Waals surface area contributed by atoms with Gasteiger partial charge in [-0.25, -0.2) is 0 Å². The van der Waals surface area contributed by atoms with Gasteiger partial charge in [0.05, 0.1) is 0 Å². The zero-order valence-electron chi connectivity index (χ0n) is 12.7. The molecule has 3 rings (SSSR count). The van der Waals surface area contributed by atoms with Crippen LogP contribution in [-0.2, 0) is 12.8 Å². The van der Waals surface area contributed by atoms with Gasteiger partial charge in [0.25, 0.3) is 0 Å². The van der Waals surface area contributed by atoms with Crippen molar-refractivity contribution in [2.75, 3.05) is 14.1 Å². The number of hydrogen-bond donors (Lipinski definition) is 0. The van der Waals surface area contributed by atoms with Crippen molar-refractivity contribution in [3.63, 3.8) is 0 Å². The summed E-state index contributed by atoms with van der Waals surface area (Å²) in [5, 5.41) is 0. The molecule has 0 atom stereocenters. The van der Waals surface area contributed by atoms with Crippen molar-refractivity contribution in [2.24, 2.45) is 0 Å². The molecule has 2 aromatic rings. The molecule has 2 aromatic carbocycles. The molecule has 106 valence electrons. The lowest BCUT2D eigenvalue weighted by molar-refractivity contribution is 0.564. The molecule has 1 heteroatoms.